The minimum atomic E-state index is -0.641. The summed E-state index contributed by atoms with van der Waals surface area (Å²) in [4.78, 5) is 25.3. The van der Waals surface area contributed by atoms with Crippen molar-refractivity contribution < 1.29 is 18.4 Å². The molecule has 1 amide bonds. The minimum absolute atomic E-state index is 0.139. The van der Waals surface area contributed by atoms with E-state index >= 15 is 0 Å². The molecule has 3 aromatic rings. The highest BCUT2D eigenvalue weighted by Gasteiger charge is 2.05. The van der Waals surface area contributed by atoms with Gasteiger partial charge in [0, 0.05) is 17.3 Å². The zero-order chi connectivity index (χ0) is 18.5. The van der Waals surface area contributed by atoms with Crippen molar-refractivity contribution in [3.63, 3.8) is 0 Å². The van der Waals surface area contributed by atoms with Crippen LogP contribution in [0.3, 0.4) is 0 Å². The molecule has 26 heavy (non-hydrogen) atoms. The van der Waals surface area contributed by atoms with Gasteiger partial charge in [0.1, 0.15) is 0 Å². The molecule has 132 valence electrons. The Bertz CT molecular complexity index is 1010. The smallest absolute Gasteiger partial charge is 0.439 e. The average Bonchev–Trinajstić information content (AvgIpc) is 3.07. The second-order valence-corrected chi connectivity index (χ2v) is 5.24. The molecule has 3 rings (SSSR count). The molecular formula is C18H14FN3O4. The number of hydrogen-bond donors (Lipinski definition) is 2. The zero-order valence-corrected chi connectivity index (χ0v) is 13.7. The number of anilines is 1. The molecule has 1 heterocycles. The number of nitrogens with one attached hydrogen (secondary N) is 2. The maximum atomic E-state index is 13.6. The SMILES string of the molecule is COc1ccc(C=CC(=O)Nc2ccc(-c3noc(=O)[nH]3)cc2)cc1F. The molecule has 0 unspecified atom stereocenters. The number of halogens is 1. The van der Waals surface area contributed by atoms with E-state index in [2.05, 4.69) is 20.0 Å². The lowest BCUT2D eigenvalue weighted by Crippen LogP contribution is -2.07. The first-order chi connectivity index (χ1) is 12.5. The van der Waals surface area contributed by atoms with Crippen LogP contribution in [0.2, 0.25) is 0 Å². The van der Waals surface area contributed by atoms with Crippen LogP contribution in [-0.4, -0.2) is 23.2 Å². The van der Waals surface area contributed by atoms with Crippen LogP contribution in [0, 0.1) is 5.82 Å². The van der Waals surface area contributed by atoms with Crippen LogP contribution in [0.5, 0.6) is 5.75 Å². The molecule has 0 spiro atoms. The highest BCUT2D eigenvalue weighted by atomic mass is 19.1. The van der Waals surface area contributed by atoms with Crippen LogP contribution in [-0.2, 0) is 4.79 Å². The first kappa shape index (κ1) is 17.2. The fourth-order valence-electron chi connectivity index (χ4n) is 2.21. The molecule has 2 N–H and O–H groups in total. The summed E-state index contributed by atoms with van der Waals surface area (Å²) in [6, 6.07) is 11.1. The molecule has 8 heteroatoms. The molecule has 0 aliphatic rings. The third kappa shape index (κ3) is 4.04. The van der Waals surface area contributed by atoms with E-state index in [1.807, 2.05) is 0 Å². The highest BCUT2D eigenvalue weighted by Crippen LogP contribution is 2.19. The highest BCUT2D eigenvalue weighted by molar-refractivity contribution is 6.02. The van der Waals surface area contributed by atoms with Gasteiger partial charge in [-0.25, -0.2) is 9.18 Å². The van der Waals surface area contributed by atoms with Gasteiger partial charge in [0.25, 0.3) is 0 Å². The fraction of sp³-hybridized carbons (Fsp3) is 0.0556. The number of benzene rings is 2. The number of H-pyrrole nitrogens is 1. The van der Waals surface area contributed by atoms with Crippen molar-refractivity contribution in [3.8, 4) is 17.1 Å². The lowest BCUT2D eigenvalue weighted by atomic mass is 10.2. The number of carbonyl (C=O) groups is 1. The van der Waals surface area contributed by atoms with E-state index < -0.39 is 11.6 Å². The van der Waals surface area contributed by atoms with Gasteiger partial charge in [-0.3, -0.25) is 14.3 Å². The van der Waals surface area contributed by atoms with E-state index in [0.717, 1.165) is 0 Å². The maximum Gasteiger partial charge on any atom is 0.439 e. The van der Waals surface area contributed by atoms with E-state index in [0.29, 0.717) is 22.6 Å². The van der Waals surface area contributed by atoms with Crippen molar-refractivity contribution >= 4 is 17.7 Å². The molecule has 2 aromatic carbocycles. The number of aromatic amines is 1. The molecule has 7 nitrogen and oxygen atoms in total. The number of hydrogen-bond acceptors (Lipinski definition) is 5. The quantitative estimate of drug-likeness (QED) is 0.686. The third-order valence-corrected chi connectivity index (χ3v) is 3.47. The summed E-state index contributed by atoms with van der Waals surface area (Å²) in [5.74, 6) is -1.08. The first-order valence-electron chi connectivity index (χ1n) is 7.54. The second-order valence-electron chi connectivity index (χ2n) is 5.24. The predicted molar refractivity (Wildman–Crippen MR) is 93.2 cm³/mol. The Morgan fingerprint density at radius 2 is 2.04 bits per heavy atom. The summed E-state index contributed by atoms with van der Waals surface area (Å²) in [6.07, 6.45) is 2.79. The van der Waals surface area contributed by atoms with Crippen LogP contribution >= 0.6 is 0 Å². The van der Waals surface area contributed by atoms with Crippen LogP contribution in [0.1, 0.15) is 5.56 Å². The van der Waals surface area contributed by atoms with Crippen molar-refractivity contribution in [2.45, 2.75) is 0 Å². The number of rotatable bonds is 5. The lowest BCUT2D eigenvalue weighted by molar-refractivity contribution is -0.111. The van der Waals surface area contributed by atoms with Crippen molar-refractivity contribution in [2.75, 3.05) is 12.4 Å². The average molecular weight is 355 g/mol. The van der Waals surface area contributed by atoms with Gasteiger partial charge >= 0.3 is 5.76 Å². The minimum Gasteiger partial charge on any atom is -0.494 e. The number of methoxy groups -OCH3 is 1. The van der Waals surface area contributed by atoms with Crippen LogP contribution < -0.4 is 15.8 Å². The summed E-state index contributed by atoms with van der Waals surface area (Å²) in [5, 5.41) is 6.25. The fourth-order valence-corrected chi connectivity index (χ4v) is 2.21. The molecule has 0 aliphatic carbocycles. The normalized spacial score (nSPS) is 10.8. The summed E-state index contributed by atoms with van der Waals surface area (Å²) in [7, 11) is 1.38. The summed E-state index contributed by atoms with van der Waals surface area (Å²) >= 11 is 0. The monoisotopic (exact) mass is 355 g/mol. The molecular weight excluding hydrogens is 341 g/mol. The Kier molecular flexibility index (Phi) is 4.93. The van der Waals surface area contributed by atoms with Crippen molar-refractivity contribution in [1.29, 1.82) is 0 Å². The summed E-state index contributed by atoms with van der Waals surface area (Å²) < 4.78 is 22.9. The molecule has 1 aromatic heterocycles. The van der Waals surface area contributed by atoms with Crippen LogP contribution in [0.25, 0.3) is 17.5 Å². The van der Waals surface area contributed by atoms with Gasteiger partial charge in [-0.05, 0) is 48.0 Å². The number of ether oxygens (including phenoxy) is 1. The molecule has 0 saturated carbocycles. The van der Waals surface area contributed by atoms with Gasteiger partial charge in [0.05, 0.1) is 7.11 Å². The topological polar surface area (TPSA) is 97.2 Å². The van der Waals surface area contributed by atoms with E-state index in [4.69, 9.17) is 4.74 Å². The Labute approximate surface area is 147 Å². The van der Waals surface area contributed by atoms with Gasteiger partial charge in [0.15, 0.2) is 17.4 Å². The molecule has 0 aliphatic heterocycles. The number of carbonyl (C=O) groups excluding carboxylic acids is 1. The van der Waals surface area contributed by atoms with Crippen molar-refractivity contribution in [3.05, 3.63) is 70.5 Å². The maximum absolute atomic E-state index is 13.6. The van der Waals surface area contributed by atoms with Crippen molar-refractivity contribution in [1.82, 2.24) is 10.1 Å². The molecule has 0 fully saturated rings. The Hall–Kier alpha value is -3.68. The summed E-state index contributed by atoms with van der Waals surface area (Å²) in [6.45, 7) is 0. The summed E-state index contributed by atoms with van der Waals surface area (Å²) in [5.41, 5.74) is 1.72. The number of nitrogens with zero attached hydrogens (tertiary/aromatic N) is 1. The third-order valence-electron chi connectivity index (χ3n) is 3.47. The van der Waals surface area contributed by atoms with E-state index in [-0.39, 0.29) is 11.7 Å². The number of amides is 1. The van der Waals surface area contributed by atoms with Gasteiger partial charge < -0.3 is 10.1 Å². The van der Waals surface area contributed by atoms with E-state index in [1.54, 1.807) is 30.3 Å². The van der Waals surface area contributed by atoms with E-state index in [9.17, 15) is 14.0 Å². The Morgan fingerprint density at radius 1 is 1.27 bits per heavy atom. The molecule has 0 atom stereocenters. The van der Waals surface area contributed by atoms with Gasteiger partial charge in [-0.15, -0.1) is 0 Å². The Morgan fingerprint density at radius 3 is 2.65 bits per heavy atom. The largest absolute Gasteiger partial charge is 0.494 e. The van der Waals surface area contributed by atoms with Crippen LogP contribution in [0.15, 0.2) is 57.9 Å². The van der Waals surface area contributed by atoms with E-state index in [1.165, 1.54) is 31.4 Å². The molecule has 0 saturated heterocycles. The second kappa shape index (κ2) is 7.47. The zero-order valence-electron chi connectivity index (χ0n) is 13.7. The van der Waals surface area contributed by atoms with Gasteiger partial charge in [-0.2, -0.15) is 0 Å². The standard InChI is InChI=1S/C18H14FN3O4/c1-25-15-8-2-11(10-14(15)19)3-9-16(23)20-13-6-4-12(5-7-13)17-21-18(24)26-22-17/h2-10H,1H3,(H,20,23)(H,21,22,24). The lowest BCUT2D eigenvalue weighted by Gasteiger charge is -2.03. The molecule has 0 bridgehead atoms. The van der Waals surface area contributed by atoms with Gasteiger partial charge in [0.2, 0.25) is 5.91 Å². The van der Waals surface area contributed by atoms with Crippen molar-refractivity contribution in [2.24, 2.45) is 0 Å². The number of aromatic nitrogens is 2. The first-order valence-corrected chi connectivity index (χ1v) is 7.54. The van der Waals surface area contributed by atoms with Gasteiger partial charge in [-0.1, -0.05) is 11.2 Å². The predicted octanol–water partition coefficient (Wildman–Crippen LogP) is 2.83. The Balaban J connectivity index is 1.64. The van der Waals surface area contributed by atoms with Crippen LogP contribution in [0.4, 0.5) is 10.1 Å². The molecule has 0 radical (unpaired) electrons.